The molecule has 4 nitrogen and oxygen atoms in total. The van der Waals surface area contributed by atoms with Gasteiger partial charge in [0.25, 0.3) is 6.43 Å². The van der Waals surface area contributed by atoms with Crippen LogP contribution in [-0.2, 0) is 13.3 Å². The van der Waals surface area contributed by atoms with Crippen LogP contribution in [0.3, 0.4) is 0 Å². The SMILES string of the molecule is CCO.CO[Si](OC)(OC)C(F)C(F)(F)C(F)(F)C(F)(F)C(F)(F)C(F)(F)C(F)(F)C(F)C(F)C(F)F. The second kappa shape index (κ2) is 12.4. The summed E-state index contributed by atoms with van der Waals surface area (Å²) in [5, 5.41) is 7.57. The Kier molecular flexibility index (Phi) is 12.7. The van der Waals surface area contributed by atoms with Crippen LogP contribution in [0.25, 0.3) is 0 Å². The maximum Gasteiger partial charge on any atom is 0.543 e. The van der Waals surface area contributed by atoms with Crippen LogP contribution >= 0.6 is 0 Å². The molecule has 0 heterocycles. The summed E-state index contributed by atoms with van der Waals surface area (Å²) < 4.78 is 240. The van der Waals surface area contributed by atoms with Gasteiger partial charge in [0.1, 0.15) is 0 Å². The number of halogens is 17. The highest BCUT2D eigenvalue weighted by Gasteiger charge is 2.93. The zero-order valence-corrected chi connectivity index (χ0v) is 19.6. The Hall–Kier alpha value is -1.13. The fraction of sp³-hybridized carbons (Fsp3) is 1.00. The van der Waals surface area contributed by atoms with Crippen LogP contribution in [-0.4, -0.2) is 102 Å². The maximum atomic E-state index is 14.1. The van der Waals surface area contributed by atoms with Gasteiger partial charge in [-0.3, -0.25) is 0 Å². The number of hydrogen-bond acceptors (Lipinski definition) is 4. The van der Waals surface area contributed by atoms with Crippen molar-refractivity contribution >= 4 is 8.80 Å². The van der Waals surface area contributed by atoms with Gasteiger partial charge >= 0.3 is 44.3 Å². The first-order valence-corrected chi connectivity index (χ1v) is 10.8. The Morgan fingerprint density at radius 3 is 1.11 bits per heavy atom. The smallest absolute Gasteiger partial charge is 0.397 e. The summed E-state index contributed by atoms with van der Waals surface area (Å²) >= 11 is 0. The van der Waals surface area contributed by atoms with Crippen molar-refractivity contribution in [1.82, 2.24) is 0 Å². The van der Waals surface area contributed by atoms with E-state index in [4.69, 9.17) is 5.11 Å². The predicted molar refractivity (Wildman–Crippen MR) is 89.9 cm³/mol. The molecule has 0 aliphatic carbocycles. The van der Waals surface area contributed by atoms with Crippen LogP contribution in [0.4, 0.5) is 74.6 Å². The van der Waals surface area contributed by atoms with Crippen LogP contribution in [0.1, 0.15) is 6.92 Å². The molecule has 1 N–H and O–H groups in total. The first-order valence-electron chi connectivity index (χ1n) is 9.00. The Balaban J connectivity index is 0. The maximum absolute atomic E-state index is 14.1. The highest BCUT2D eigenvalue weighted by Crippen LogP contribution is 2.62. The topological polar surface area (TPSA) is 47.9 Å². The molecule has 0 bridgehead atoms. The van der Waals surface area contributed by atoms with Crippen molar-refractivity contribution < 1.29 is 93.0 Å². The Bertz CT molecular complexity index is 696. The van der Waals surface area contributed by atoms with Crippen molar-refractivity contribution in [3.63, 3.8) is 0 Å². The molecule has 0 aromatic rings. The van der Waals surface area contributed by atoms with Crippen molar-refractivity contribution in [2.75, 3.05) is 27.9 Å². The minimum Gasteiger partial charge on any atom is -0.397 e. The zero-order valence-electron chi connectivity index (χ0n) is 18.6. The van der Waals surface area contributed by atoms with Crippen molar-refractivity contribution in [2.45, 2.75) is 67.0 Å². The van der Waals surface area contributed by atoms with Crippen LogP contribution < -0.4 is 0 Å². The van der Waals surface area contributed by atoms with Crippen LogP contribution in [0.5, 0.6) is 0 Å². The molecule has 3 atom stereocenters. The monoisotopic (exact) mass is 614 g/mol. The minimum absolute atomic E-state index is 0.221. The minimum atomic E-state index is -8.44. The van der Waals surface area contributed by atoms with Gasteiger partial charge < -0.3 is 18.4 Å². The lowest BCUT2D eigenvalue weighted by Crippen LogP contribution is -2.75. The largest absolute Gasteiger partial charge is 0.543 e. The summed E-state index contributed by atoms with van der Waals surface area (Å²) in [6.07, 6.45) is -15.7. The fourth-order valence-electron chi connectivity index (χ4n) is 2.26. The summed E-state index contributed by atoms with van der Waals surface area (Å²) in [5.74, 6) is -52.8. The van der Waals surface area contributed by atoms with Gasteiger partial charge in [-0.05, 0) is 6.92 Å². The zero-order chi connectivity index (χ0) is 30.6. The van der Waals surface area contributed by atoms with E-state index in [1.54, 1.807) is 6.92 Å². The van der Waals surface area contributed by atoms with Gasteiger partial charge in [0.15, 0.2) is 6.17 Å². The van der Waals surface area contributed by atoms with E-state index in [1.807, 2.05) is 0 Å². The highest BCUT2D eigenvalue weighted by molar-refractivity contribution is 6.62. The molecule has 0 fully saturated rings. The van der Waals surface area contributed by atoms with E-state index in [-0.39, 0.29) is 27.9 Å². The average molecular weight is 614 g/mol. The number of aliphatic hydroxyl groups is 1. The molecule has 0 aromatic carbocycles. The normalized spacial score (nSPS) is 17.3. The van der Waals surface area contributed by atoms with Gasteiger partial charge in [0.05, 0.1) is 0 Å². The molecule has 0 saturated heterocycles. The number of hydrogen-bond donors (Lipinski definition) is 1. The molecule has 0 aliphatic heterocycles. The van der Waals surface area contributed by atoms with E-state index in [1.165, 1.54) is 0 Å². The van der Waals surface area contributed by atoms with Crippen LogP contribution in [0.15, 0.2) is 0 Å². The Morgan fingerprint density at radius 1 is 0.595 bits per heavy atom. The molecule has 0 aromatic heterocycles. The lowest BCUT2D eigenvalue weighted by Gasteiger charge is -2.43. The fourth-order valence-corrected chi connectivity index (χ4v) is 4.00. The standard InChI is InChI=1S/C13H13F17O3Si.C2H6O/c1-31-34(32-2,33-3)7(18)9(21,22)11(25,26)13(29,30)12(27,28)10(23,24)8(19,20)5(15)4(14)6(16)17;1-2-3/h4-7H,1-3H3;3H,2H2,1H3. The second-order valence-electron chi connectivity index (χ2n) is 6.62. The summed E-state index contributed by atoms with van der Waals surface area (Å²) in [7, 11) is -5.17. The van der Waals surface area contributed by atoms with E-state index in [2.05, 4.69) is 13.3 Å². The summed E-state index contributed by atoms with van der Waals surface area (Å²) in [4.78, 5) is 0. The molecule has 0 rings (SSSR count). The first kappa shape index (κ1) is 38.0. The van der Waals surface area contributed by atoms with E-state index in [0.717, 1.165) is 0 Å². The molecule has 0 aliphatic rings. The molecule has 22 heteroatoms. The van der Waals surface area contributed by atoms with Crippen molar-refractivity contribution in [2.24, 2.45) is 0 Å². The molecule has 37 heavy (non-hydrogen) atoms. The highest BCUT2D eigenvalue weighted by atomic mass is 28.4. The van der Waals surface area contributed by atoms with Crippen molar-refractivity contribution in [3.05, 3.63) is 0 Å². The second-order valence-corrected chi connectivity index (χ2v) is 9.56. The summed E-state index contributed by atoms with van der Waals surface area (Å²) in [6.45, 7) is 1.93. The van der Waals surface area contributed by atoms with E-state index in [9.17, 15) is 74.6 Å². The molecule has 0 amide bonds. The Labute approximate surface area is 198 Å². The van der Waals surface area contributed by atoms with Gasteiger partial charge in [-0.15, -0.1) is 0 Å². The number of alkyl halides is 17. The lowest BCUT2D eigenvalue weighted by molar-refractivity contribution is -0.433. The first-order chi connectivity index (χ1) is 16.3. The molecular weight excluding hydrogens is 595 g/mol. The van der Waals surface area contributed by atoms with Gasteiger partial charge in [-0.25, -0.2) is 22.0 Å². The van der Waals surface area contributed by atoms with Crippen molar-refractivity contribution in [3.8, 4) is 0 Å². The predicted octanol–water partition coefficient (Wildman–Crippen LogP) is 5.49. The van der Waals surface area contributed by atoms with Gasteiger partial charge in [0.2, 0.25) is 12.0 Å². The van der Waals surface area contributed by atoms with E-state index < -0.39 is 68.9 Å². The van der Waals surface area contributed by atoms with Gasteiger partial charge in [-0.1, -0.05) is 0 Å². The van der Waals surface area contributed by atoms with Crippen LogP contribution in [0.2, 0.25) is 0 Å². The number of rotatable bonds is 13. The molecular formula is C15H19F17O4Si. The molecule has 0 radical (unpaired) electrons. The molecule has 3 unspecified atom stereocenters. The third-order valence-corrected chi connectivity index (χ3v) is 7.06. The molecule has 0 spiro atoms. The third-order valence-electron chi connectivity index (χ3n) is 4.37. The molecule has 0 saturated carbocycles. The average Bonchev–Trinajstić information content (AvgIpc) is 2.79. The van der Waals surface area contributed by atoms with E-state index in [0.29, 0.717) is 0 Å². The van der Waals surface area contributed by atoms with Crippen molar-refractivity contribution in [1.29, 1.82) is 0 Å². The van der Waals surface area contributed by atoms with Gasteiger partial charge in [0, 0.05) is 27.9 Å². The lowest BCUT2D eigenvalue weighted by atomic mass is 9.89. The van der Waals surface area contributed by atoms with E-state index >= 15 is 0 Å². The number of aliphatic hydroxyl groups excluding tert-OH is 1. The van der Waals surface area contributed by atoms with Crippen LogP contribution in [0, 0.1) is 0 Å². The summed E-state index contributed by atoms with van der Waals surface area (Å²) in [5.41, 5.74) is 0. The molecule has 226 valence electrons. The summed E-state index contributed by atoms with van der Waals surface area (Å²) in [6, 6.07) is 0. The van der Waals surface area contributed by atoms with Gasteiger partial charge in [-0.2, -0.15) is 52.7 Å². The quantitative estimate of drug-likeness (QED) is 0.220. The third kappa shape index (κ3) is 6.06. The Morgan fingerprint density at radius 2 is 0.865 bits per heavy atom.